The Morgan fingerprint density at radius 3 is 2.89 bits per heavy atom. The minimum Gasteiger partial charge on any atom is -0.375 e. The minimum absolute atomic E-state index is 0.167. The Morgan fingerprint density at radius 2 is 2.21 bits per heavy atom. The van der Waals surface area contributed by atoms with Crippen LogP contribution in [0.1, 0.15) is 50.3 Å². The molecule has 104 valence electrons. The average Bonchev–Trinajstić information content (AvgIpc) is 2.89. The molecular weight excluding hydrogens is 238 g/mol. The summed E-state index contributed by atoms with van der Waals surface area (Å²) in [6.07, 6.45) is 12.8. The molecule has 19 heavy (non-hydrogen) atoms. The van der Waals surface area contributed by atoms with Crippen LogP contribution >= 0.6 is 0 Å². The van der Waals surface area contributed by atoms with Crippen molar-refractivity contribution in [1.82, 2.24) is 15.3 Å². The van der Waals surface area contributed by atoms with Crippen LogP contribution in [0.2, 0.25) is 0 Å². The maximum atomic E-state index is 6.12. The summed E-state index contributed by atoms with van der Waals surface area (Å²) < 4.78 is 6.12. The highest BCUT2D eigenvalue weighted by atomic mass is 16.5. The Balaban J connectivity index is 1.76. The van der Waals surface area contributed by atoms with Crippen molar-refractivity contribution in [2.24, 2.45) is 5.92 Å². The second kappa shape index (κ2) is 5.55. The van der Waals surface area contributed by atoms with E-state index in [9.17, 15) is 0 Å². The molecule has 1 aliphatic carbocycles. The topological polar surface area (TPSA) is 47.0 Å². The first kappa shape index (κ1) is 13.0. The quantitative estimate of drug-likeness (QED) is 0.908. The molecule has 2 heterocycles. The summed E-state index contributed by atoms with van der Waals surface area (Å²) in [5.41, 5.74) is 1.23. The molecule has 1 aromatic heterocycles. The zero-order valence-corrected chi connectivity index (χ0v) is 11.6. The molecule has 0 bridgehead atoms. The van der Waals surface area contributed by atoms with Crippen LogP contribution in [-0.2, 0) is 4.74 Å². The van der Waals surface area contributed by atoms with Crippen molar-refractivity contribution in [3.05, 3.63) is 24.3 Å². The van der Waals surface area contributed by atoms with Gasteiger partial charge in [0.05, 0.1) is 17.3 Å². The fourth-order valence-corrected chi connectivity index (χ4v) is 3.81. The minimum atomic E-state index is 0.167. The van der Waals surface area contributed by atoms with Crippen LogP contribution in [0, 0.1) is 5.92 Å². The highest BCUT2D eigenvalue weighted by molar-refractivity contribution is 5.06. The number of nitrogens with zero attached hydrogens (tertiary/aromatic N) is 2. The van der Waals surface area contributed by atoms with Gasteiger partial charge in [-0.25, -0.2) is 0 Å². The van der Waals surface area contributed by atoms with Gasteiger partial charge in [-0.3, -0.25) is 9.97 Å². The van der Waals surface area contributed by atoms with Crippen LogP contribution in [0.5, 0.6) is 0 Å². The van der Waals surface area contributed by atoms with Crippen molar-refractivity contribution in [2.75, 3.05) is 13.7 Å². The summed E-state index contributed by atoms with van der Waals surface area (Å²) in [5.74, 6) is 0.605. The van der Waals surface area contributed by atoms with E-state index >= 15 is 0 Å². The van der Waals surface area contributed by atoms with Gasteiger partial charge in [0.1, 0.15) is 0 Å². The molecule has 1 saturated carbocycles. The van der Waals surface area contributed by atoms with E-state index in [2.05, 4.69) is 15.3 Å². The first-order valence-corrected chi connectivity index (χ1v) is 7.40. The van der Waals surface area contributed by atoms with E-state index in [4.69, 9.17) is 4.74 Å². The number of nitrogens with one attached hydrogen (secondary N) is 1. The van der Waals surface area contributed by atoms with Crippen molar-refractivity contribution in [3.8, 4) is 0 Å². The Morgan fingerprint density at radius 1 is 1.37 bits per heavy atom. The van der Waals surface area contributed by atoms with Crippen LogP contribution in [0.25, 0.3) is 0 Å². The number of hydrogen-bond acceptors (Lipinski definition) is 4. The molecule has 4 nitrogen and oxygen atoms in total. The van der Waals surface area contributed by atoms with Gasteiger partial charge in [0.2, 0.25) is 0 Å². The van der Waals surface area contributed by atoms with Crippen molar-refractivity contribution in [2.45, 2.75) is 50.2 Å². The number of rotatable bonds is 3. The second-order valence-electron chi connectivity index (χ2n) is 5.89. The highest BCUT2D eigenvalue weighted by Gasteiger charge is 2.42. The Kier molecular flexibility index (Phi) is 3.80. The molecule has 1 saturated heterocycles. The first-order valence-electron chi connectivity index (χ1n) is 7.40. The Bertz CT molecular complexity index is 403. The smallest absolute Gasteiger partial charge is 0.0758 e. The van der Waals surface area contributed by atoms with E-state index in [1.54, 1.807) is 12.4 Å². The lowest BCUT2D eigenvalue weighted by atomic mass is 9.80. The molecule has 3 rings (SSSR count). The van der Waals surface area contributed by atoms with Gasteiger partial charge >= 0.3 is 0 Å². The monoisotopic (exact) mass is 261 g/mol. The zero-order valence-electron chi connectivity index (χ0n) is 11.6. The first-order chi connectivity index (χ1) is 9.33. The largest absolute Gasteiger partial charge is 0.375 e. The predicted molar refractivity (Wildman–Crippen MR) is 73.7 cm³/mol. The van der Waals surface area contributed by atoms with Gasteiger partial charge in [-0.1, -0.05) is 12.8 Å². The lowest BCUT2D eigenvalue weighted by Gasteiger charge is -2.41. The molecule has 0 aromatic carbocycles. The number of aromatic nitrogens is 2. The Hall–Kier alpha value is -1.00. The molecule has 0 amide bonds. The molecular formula is C15H23N3O. The molecule has 2 atom stereocenters. The fraction of sp³-hybridized carbons (Fsp3) is 0.733. The highest BCUT2D eigenvalue weighted by Crippen LogP contribution is 2.44. The van der Waals surface area contributed by atoms with E-state index in [1.165, 1.54) is 25.7 Å². The number of ether oxygens (including phenoxy) is 1. The van der Waals surface area contributed by atoms with Crippen molar-refractivity contribution in [1.29, 1.82) is 0 Å². The SMILES string of the molecule is CNC(c1cnccn1)C1CCOC2(CCCC2)C1. The normalized spacial score (nSPS) is 27.5. The maximum absolute atomic E-state index is 6.12. The zero-order chi connectivity index (χ0) is 13.1. The second-order valence-corrected chi connectivity index (χ2v) is 5.89. The van der Waals surface area contributed by atoms with Crippen molar-refractivity contribution < 1.29 is 4.74 Å². The third-order valence-corrected chi connectivity index (χ3v) is 4.73. The van der Waals surface area contributed by atoms with Crippen LogP contribution in [0.4, 0.5) is 0 Å². The molecule has 0 radical (unpaired) electrons. The van der Waals surface area contributed by atoms with Gasteiger partial charge in [-0.15, -0.1) is 0 Å². The Labute approximate surface area is 115 Å². The summed E-state index contributed by atoms with van der Waals surface area (Å²) in [5, 5.41) is 3.44. The van der Waals surface area contributed by atoms with Crippen LogP contribution < -0.4 is 5.32 Å². The fourth-order valence-electron chi connectivity index (χ4n) is 3.81. The molecule has 4 heteroatoms. The molecule has 1 N–H and O–H groups in total. The molecule has 1 aromatic rings. The van der Waals surface area contributed by atoms with Crippen LogP contribution in [0.15, 0.2) is 18.6 Å². The summed E-state index contributed by atoms with van der Waals surface area (Å²) in [6, 6.07) is 0.301. The van der Waals surface area contributed by atoms with E-state index < -0.39 is 0 Å². The summed E-state index contributed by atoms with van der Waals surface area (Å²) in [7, 11) is 2.02. The molecule has 2 aliphatic rings. The van der Waals surface area contributed by atoms with Gasteiger partial charge in [-0.2, -0.15) is 0 Å². The standard InChI is InChI=1S/C15H23N3O/c1-16-14(13-11-17-7-8-18-13)12-4-9-19-15(10-12)5-2-3-6-15/h7-8,11-12,14,16H,2-6,9-10H2,1H3. The number of hydrogen-bond donors (Lipinski definition) is 1. The van der Waals surface area contributed by atoms with Crippen LogP contribution in [0.3, 0.4) is 0 Å². The van der Waals surface area contributed by atoms with Gasteiger partial charge in [0.15, 0.2) is 0 Å². The van der Waals surface area contributed by atoms with Gasteiger partial charge < -0.3 is 10.1 Å². The maximum Gasteiger partial charge on any atom is 0.0758 e. The predicted octanol–water partition coefficient (Wildman–Crippen LogP) is 2.48. The van der Waals surface area contributed by atoms with E-state index in [1.807, 2.05) is 13.2 Å². The average molecular weight is 261 g/mol. The molecule has 2 fully saturated rings. The molecule has 1 aliphatic heterocycles. The van der Waals surface area contributed by atoms with Crippen molar-refractivity contribution in [3.63, 3.8) is 0 Å². The van der Waals surface area contributed by atoms with Gasteiger partial charge in [0, 0.05) is 25.2 Å². The van der Waals surface area contributed by atoms with Gasteiger partial charge in [-0.05, 0) is 38.6 Å². The lowest BCUT2D eigenvalue weighted by molar-refractivity contribution is -0.0981. The molecule has 1 spiro atoms. The van der Waals surface area contributed by atoms with E-state index in [0.717, 1.165) is 25.1 Å². The molecule has 2 unspecified atom stereocenters. The summed E-state index contributed by atoms with van der Waals surface area (Å²) in [4.78, 5) is 8.68. The third kappa shape index (κ3) is 2.65. The van der Waals surface area contributed by atoms with E-state index in [0.29, 0.717) is 12.0 Å². The summed E-state index contributed by atoms with van der Waals surface area (Å²) >= 11 is 0. The van der Waals surface area contributed by atoms with Crippen LogP contribution in [-0.4, -0.2) is 29.2 Å². The lowest BCUT2D eigenvalue weighted by Crippen LogP contribution is -2.41. The van der Waals surface area contributed by atoms with Gasteiger partial charge in [0.25, 0.3) is 0 Å². The van der Waals surface area contributed by atoms with E-state index in [-0.39, 0.29) is 5.60 Å². The van der Waals surface area contributed by atoms with Crippen molar-refractivity contribution >= 4 is 0 Å². The third-order valence-electron chi connectivity index (χ3n) is 4.73. The summed E-state index contributed by atoms with van der Waals surface area (Å²) in [6.45, 7) is 0.892.